The van der Waals surface area contributed by atoms with E-state index in [0.717, 1.165) is 0 Å². The van der Waals surface area contributed by atoms with Gasteiger partial charge in [-0.3, -0.25) is 4.79 Å². The number of nitrogens with zero attached hydrogens (tertiary/aromatic N) is 1. The molecule has 0 unspecified atom stereocenters. The van der Waals surface area contributed by atoms with Gasteiger partial charge in [-0.25, -0.2) is 13.8 Å². The van der Waals surface area contributed by atoms with Gasteiger partial charge in [0.15, 0.2) is 0 Å². The standard InChI is InChI=1S/C10H9ClF2INO2/c1-2-17-8(16)4-6-9(11)5(14)3-7(15-6)10(12)13/h3,10H,2,4H2,1H3. The van der Waals surface area contributed by atoms with Crippen molar-refractivity contribution in [2.45, 2.75) is 19.8 Å². The van der Waals surface area contributed by atoms with E-state index in [9.17, 15) is 13.6 Å². The first-order valence-corrected chi connectivity index (χ1v) is 6.20. The van der Waals surface area contributed by atoms with Crippen molar-refractivity contribution in [1.82, 2.24) is 4.98 Å². The first kappa shape index (κ1) is 14.6. The number of halogens is 4. The predicted molar refractivity (Wildman–Crippen MR) is 67.3 cm³/mol. The minimum atomic E-state index is -2.69. The molecule has 0 radical (unpaired) electrons. The van der Waals surface area contributed by atoms with Crippen molar-refractivity contribution in [2.75, 3.05) is 6.61 Å². The molecule has 0 N–H and O–H groups in total. The summed E-state index contributed by atoms with van der Waals surface area (Å²) in [5.74, 6) is -0.538. The summed E-state index contributed by atoms with van der Waals surface area (Å²) in [6, 6.07) is 1.20. The van der Waals surface area contributed by atoms with E-state index in [-0.39, 0.29) is 23.7 Å². The Morgan fingerprint density at radius 1 is 1.65 bits per heavy atom. The normalized spacial score (nSPS) is 10.7. The van der Waals surface area contributed by atoms with Gasteiger partial charge in [-0.05, 0) is 35.6 Å². The van der Waals surface area contributed by atoms with E-state index in [1.165, 1.54) is 6.07 Å². The van der Waals surface area contributed by atoms with Crippen LogP contribution in [0.5, 0.6) is 0 Å². The third kappa shape index (κ3) is 4.02. The van der Waals surface area contributed by atoms with Crippen molar-refractivity contribution < 1.29 is 18.3 Å². The number of esters is 1. The van der Waals surface area contributed by atoms with Gasteiger partial charge in [0.1, 0.15) is 5.69 Å². The molecule has 0 aliphatic rings. The van der Waals surface area contributed by atoms with E-state index in [1.807, 2.05) is 22.6 Å². The van der Waals surface area contributed by atoms with E-state index in [0.29, 0.717) is 3.57 Å². The Morgan fingerprint density at radius 2 is 2.29 bits per heavy atom. The topological polar surface area (TPSA) is 39.2 Å². The molecule has 0 fully saturated rings. The first-order chi connectivity index (χ1) is 7.95. The van der Waals surface area contributed by atoms with E-state index in [2.05, 4.69) is 4.98 Å². The highest BCUT2D eigenvalue weighted by Crippen LogP contribution is 2.27. The number of alkyl halides is 2. The average molecular weight is 376 g/mol. The summed E-state index contributed by atoms with van der Waals surface area (Å²) in [4.78, 5) is 14.9. The summed E-state index contributed by atoms with van der Waals surface area (Å²) in [5.41, 5.74) is -0.273. The summed E-state index contributed by atoms with van der Waals surface area (Å²) in [6.45, 7) is 1.88. The molecule has 17 heavy (non-hydrogen) atoms. The van der Waals surface area contributed by atoms with Crippen molar-refractivity contribution in [3.05, 3.63) is 26.0 Å². The lowest BCUT2D eigenvalue weighted by molar-refractivity contribution is -0.142. The number of hydrogen-bond donors (Lipinski definition) is 0. The number of pyridine rings is 1. The molecule has 0 aliphatic carbocycles. The van der Waals surface area contributed by atoms with Gasteiger partial charge in [0, 0.05) is 3.57 Å². The second kappa shape index (κ2) is 6.44. The van der Waals surface area contributed by atoms with Crippen LogP contribution in [-0.2, 0) is 16.0 Å². The summed E-state index contributed by atoms with van der Waals surface area (Å²) in [7, 11) is 0. The highest BCUT2D eigenvalue weighted by atomic mass is 127. The Kier molecular flexibility index (Phi) is 5.51. The molecule has 3 nitrogen and oxygen atoms in total. The minimum Gasteiger partial charge on any atom is -0.466 e. The molecule has 0 atom stereocenters. The molecular weight excluding hydrogens is 366 g/mol. The lowest BCUT2D eigenvalue weighted by atomic mass is 10.2. The van der Waals surface area contributed by atoms with Crippen molar-refractivity contribution in [2.24, 2.45) is 0 Å². The number of carbonyl (C=O) groups is 1. The van der Waals surface area contributed by atoms with E-state index in [1.54, 1.807) is 6.92 Å². The number of aromatic nitrogens is 1. The maximum absolute atomic E-state index is 12.5. The van der Waals surface area contributed by atoms with Crippen LogP contribution in [0.25, 0.3) is 0 Å². The van der Waals surface area contributed by atoms with Gasteiger partial charge < -0.3 is 4.74 Å². The van der Waals surface area contributed by atoms with Gasteiger partial charge in [-0.15, -0.1) is 0 Å². The van der Waals surface area contributed by atoms with Crippen LogP contribution in [0.1, 0.15) is 24.7 Å². The summed E-state index contributed by atoms with van der Waals surface area (Å²) in [5, 5.41) is 0.211. The fourth-order valence-electron chi connectivity index (χ4n) is 1.15. The minimum absolute atomic E-state index is 0.118. The summed E-state index contributed by atoms with van der Waals surface area (Å²) < 4.78 is 30.2. The second-order valence-corrected chi connectivity index (χ2v) is 4.61. The Balaban J connectivity index is 3.01. The quantitative estimate of drug-likeness (QED) is 0.598. The van der Waals surface area contributed by atoms with Crippen LogP contribution in [0.3, 0.4) is 0 Å². The van der Waals surface area contributed by atoms with Crippen LogP contribution in [0.15, 0.2) is 6.07 Å². The fourth-order valence-corrected chi connectivity index (χ4v) is 1.94. The zero-order chi connectivity index (χ0) is 13.0. The van der Waals surface area contributed by atoms with Gasteiger partial charge in [0.05, 0.1) is 23.7 Å². The number of ether oxygens (including phenoxy) is 1. The average Bonchev–Trinajstić information content (AvgIpc) is 2.24. The van der Waals surface area contributed by atoms with Gasteiger partial charge in [-0.2, -0.15) is 0 Å². The van der Waals surface area contributed by atoms with E-state index >= 15 is 0 Å². The van der Waals surface area contributed by atoms with E-state index < -0.39 is 18.1 Å². The maximum atomic E-state index is 12.5. The van der Waals surface area contributed by atoms with Gasteiger partial charge in [-0.1, -0.05) is 11.6 Å². The lowest BCUT2D eigenvalue weighted by Gasteiger charge is -2.08. The highest BCUT2D eigenvalue weighted by Gasteiger charge is 2.17. The molecule has 0 aliphatic heterocycles. The molecular formula is C10H9ClF2INO2. The molecule has 94 valence electrons. The summed E-state index contributed by atoms with van der Waals surface area (Å²) >= 11 is 7.71. The molecule has 0 bridgehead atoms. The molecule has 0 saturated heterocycles. The third-order valence-electron chi connectivity index (χ3n) is 1.84. The SMILES string of the molecule is CCOC(=O)Cc1nc(C(F)F)cc(I)c1Cl. The molecule has 0 saturated carbocycles. The monoisotopic (exact) mass is 375 g/mol. The van der Waals surface area contributed by atoms with Crippen LogP contribution < -0.4 is 0 Å². The predicted octanol–water partition coefficient (Wildman–Crippen LogP) is 3.38. The van der Waals surface area contributed by atoms with Crippen LogP contribution in [0, 0.1) is 3.57 Å². The molecule has 7 heteroatoms. The van der Waals surface area contributed by atoms with Crippen LogP contribution in [0.4, 0.5) is 8.78 Å². The largest absolute Gasteiger partial charge is 0.466 e. The Morgan fingerprint density at radius 3 is 2.82 bits per heavy atom. The molecule has 1 heterocycles. The van der Waals surface area contributed by atoms with Crippen molar-refractivity contribution >= 4 is 40.2 Å². The Labute approximate surface area is 116 Å². The van der Waals surface area contributed by atoms with Gasteiger partial charge in [0.25, 0.3) is 6.43 Å². The van der Waals surface area contributed by atoms with Crippen molar-refractivity contribution in [1.29, 1.82) is 0 Å². The third-order valence-corrected chi connectivity index (χ3v) is 3.43. The zero-order valence-corrected chi connectivity index (χ0v) is 11.8. The lowest BCUT2D eigenvalue weighted by Crippen LogP contribution is -2.11. The van der Waals surface area contributed by atoms with E-state index in [4.69, 9.17) is 16.3 Å². The summed E-state index contributed by atoms with van der Waals surface area (Å²) in [6.07, 6.45) is -2.90. The van der Waals surface area contributed by atoms with Crippen LogP contribution in [-0.4, -0.2) is 17.6 Å². The second-order valence-electron chi connectivity index (χ2n) is 3.07. The Hall–Kier alpha value is -0.500. The maximum Gasteiger partial charge on any atom is 0.311 e. The van der Waals surface area contributed by atoms with Crippen LogP contribution in [0.2, 0.25) is 5.02 Å². The highest BCUT2D eigenvalue weighted by molar-refractivity contribution is 14.1. The number of hydrogen-bond acceptors (Lipinski definition) is 3. The molecule has 0 amide bonds. The fraction of sp³-hybridized carbons (Fsp3) is 0.400. The zero-order valence-electron chi connectivity index (χ0n) is 8.84. The smallest absolute Gasteiger partial charge is 0.311 e. The van der Waals surface area contributed by atoms with Crippen molar-refractivity contribution in [3.63, 3.8) is 0 Å². The molecule has 0 spiro atoms. The first-order valence-electron chi connectivity index (χ1n) is 4.74. The molecule has 1 aromatic rings. The van der Waals surface area contributed by atoms with Crippen LogP contribution >= 0.6 is 34.2 Å². The van der Waals surface area contributed by atoms with Gasteiger partial charge >= 0.3 is 5.97 Å². The number of rotatable bonds is 4. The number of carbonyl (C=O) groups excluding carboxylic acids is 1. The molecule has 0 aromatic carbocycles. The van der Waals surface area contributed by atoms with Crippen molar-refractivity contribution in [3.8, 4) is 0 Å². The van der Waals surface area contributed by atoms with Gasteiger partial charge in [0.2, 0.25) is 0 Å². The molecule has 1 rings (SSSR count). The molecule has 1 aromatic heterocycles. The Bertz CT molecular complexity index is 429.